The van der Waals surface area contributed by atoms with Gasteiger partial charge in [-0.3, -0.25) is 0 Å². The molecule has 0 amide bonds. The van der Waals surface area contributed by atoms with Crippen molar-refractivity contribution in [2.24, 2.45) is 0 Å². The fraction of sp³-hybridized carbons (Fsp3) is 0.412. The molecule has 1 aromatic heterocycles. The molecule has 2 rings (SSSR count). The number of furan rings is 1. The van der Waals surface area contributed by atoms with E-state index in [9.17, 15) is 9.50 Å². The van der Waals surface area contributed by atoms with Gasteiger partial charge in [-0.25, -0.2) is 4.39 Å². The summed E-state index contributed by atoms with van der Waals surface area (Å²) < 4.78 is 23.9. The van der Waals surface area contributed by atoms with Gasteiger partial charge in [0.2, 0.25) is 0 Å². The molecule has 0 spiro atoms. The Morgan fingerprint density at radius 3 is 2.68 bits per heavy atom. The van der Waals surface area contributed by atoms with Crippen molar-refractivity contribution < 1.29 is 18.7 Å². The van der Waals surface area contributed by atoms with Crippen molar-refractivity contribution in [1.82, 2.24) is 5.32 Å². The van der Waals surface area contributed by atoms with Crippen LogP contribution in [0.5, 0.6) is 5.75 Å². The molecule has 0 radical (unpaired) electrons. The van der Waals surface area contributed by atoms with E-state index >= 15 is 0 Å². The lowest BCUT2D eigenvalue weighted by Gasteiger charge is -2.24. The first kappa shape index (κ1) is 16.5. The molecule has 0 aliphatic heterocycles. The van der Waals surface area contributed by atoms with Crippen molar-refractivity contribution in [3.05, 3.63) is 53.2 Å². The first-order chi connectivity index (χ1) is 10.3. The molecule has 120 valence electrons. The summed E-state index contributed by atoms with van der Waals surface area (Å²) in [5.74, 6) is 1.09. The van der Waals surface area contributed by atoms with Crippen molar-refractivity contribution in [3.8, 4) is 5.75 Å². The largest absolute Gasteiger partial charge is 0.494 e. The summed E-state index contributed by atoms with van der Waals surface area (Å²) in [4.78, 5) is 0. The number of ether oxygens (including phenoxy) is 1. The van der Waals surface area contributed by atoms with Gasteiger partial charge in [0.05, 0.1) is 7.11 Å². The smallest absolute Gasteiger partial charge is 0.165 e. The Morgan fingerprint density at radius 2 is 2.09 bits per heavy atom. The molecule has 2 N–H and O–H groups in total. The second-order valence-electron chi connectivity index (χ2n) is 5.68. The molecule has 2 aromatic rings. The Kier molecular flexibility index (Phi) is 4.88. The number of aryl methyl sites for hydroxylation is 1. The molecule has 2 atom stereocenters. The number of rotatable bonds is 6. The van der Waals surface area contributed by atoms with Crippen LogP contribution in [0.3, 0.4) is 0 Å². The summed E-state index contributed by atoms with van der Waals surface area (Å²) in [6.45, 7) is 5.77. The number of aliphatic hydroxyl groups is 1. The highest BCUT2D eigenvalue weighted by Gasteiger charge is 2.27. The maximum atomic E-state index is 13.4. The average molecular weight is 307 g/mol. The summed E-state index contributed by atoms with van der Waals surface area (Å²) in [6.07, 6.45) is 0. The van der Waals surface area contributed by atoms with E-state index in [1.807, 2.05) is 19.9 Å². The predicted octanol–water partition coefficient (Wildman–Crippen LogP) is 3.29. The predicted molar refractivity (Wildman–Crippen MR) is 82.4 cm³/mol. The van der Waals surface area contributed by atoms with Crippen LogP contribution in [0.2, 0.25) is 0 Å². The van der Waals surface area contributed by atoms with Gasteiger partial charge in [0.15, 0.2) is 11.6 Å². The third-order valence-electron chi connectivity index (χ3n) is 3.70. The van der Waals surface area contributed by atoms with Gasteiger partial charge in [0.25, 0.3) is 0 Å². The van der Waals surface area contributed by atoms with E-state index in [1.165, 1.54) is 13.2 Å². The SMILES string of the molecule is COc1cc([C@@H](C)NC[C@@](C)(O)c2ccc(C)o2)ccc1F. The van der Waals surface area contributed by atoms with E-state index in [-0.39, 0.29) is 11.8 Å². The Morgan fingerprint density at radius 1 is 1.36 bits per heavy atom. The van der Waals surface area contributed by atoms with Gasteiger partial charge in [0, 0.05) is 12.6 Å². The molecule has 1 heterocycles. The van der Waals surface area contributed by atoms with Gasteiger partial charge < -0.3 is 19.6 Å². The van der Waals surface area contributed by atoms with Crippen LogP contribution in [-0.2, 0) is 5.60 Å². The number of hydrogen-bond donors (Lipinski definition) is 2. The van der Waals surface area contributed by atoms with E-state index in [0.29, 0.717) is 12.3 Å². The van der Waals surface area contributed by atoms with E-state index in [0.717, 1.165) is 11.3 Å². The summed E-state index contributed by atoms with van der Waals surface area (Å²) in [6, 6.07) is 8.23. The summed E-state index contributed by atoms with van der Waals surface area (Å²) in [5.41, 5.74) is -0.239. The Labute approximate surface area is 129 Å². The van der Waals surface area contributed by atoms with Gasteiger partial charge >= 0.3 is 0 Å². The minimum absolute atomic E-state index is 0.0722. The normalized spacial score (nSPS) is 15.4. The van der Waals surface area contributed by atoms with Gasteiger partial charge in [-0.05, 0) is 50.6 Å². The molecule has 5 heteroatoms. The van der Waals surface area contributed by atoms with Crippen molar-refractivity contribution in [1.29, 1.82) is 0 Å². The van der Waals surface area contributed by atoms with Crippen LogP contribution in [0.15, 0.2) is 34.7 Å². The van der Waals surface area contributed by atoms with Crippen molar-refractivity contribution >= 4 is 0 Å². The third kappa shape index (κ3) is 3.67. The first-order valence-electron chi connectivity index (χ1n) is 7.19. The molecule has 0 fully saturated rings. The summed E-state index contributed by atoms with van der Waals surface area (Å²) in [7, 11) is 1.43. The highest BCUT2D eigenvalue weighted by atomic mass is 19.1. The lowest BCUT2D eigenvalue weighted by molar-refractivity contribution is 0.0313. The lowest BCUT2D eigenvalue weighted by Crippen LogP contribution is -2.36. The van der Waals surface area contributed by atoms with E-state index < -0.39 is 11.4 Å². The zero-order chi connectivity index (χ0) is 16.3. The minimum Gasteiger partial charge on any atom is -0.494 e. The number of nitrogens with one attached hydrogen (secondary N) is 1. The van der Waals surface area contributed by atoms with Crippen LogP contribution in [0.25, 0.3) is 0 Å². The Balaban J connectivity index is 2.04. The van der Waals surface area contributed by atoms with Crippen molar-refractivity contribution in [3.63, 3.8) is 0 Å². The molecule has 0 aliphatic carbocycles. The fourth-order valence-corrected chi connectivity index (χ4v) is 2.23. The van der Waals surface area contributed by atoms with Crippen molar-refractivity contribution in [2.75, 3.05) is 13.7 Å². The second-order valence-corrected chi connectivity index (χ2v) is 5.68. The lowest BCUT2D eigenvalue weighted by atomic mass is 10.0. The average Bonchev–Trinajstić information content (AvgIpc) is 2.93. The van der Waals surface area contributed by atoms with Crippen LogP contribution in [0, 0.1) is 12.7 Å². The van der Waals surface area contributed by atoms with E-state index in [4.69, 9.17) is 9.15 Å². The van der Waals surface area contributed by atoms with Crippen LogP contribution in [0.1, 0.15) is 37.0 Å². The summed E-state index contributed by atoms with van der Waals surface area (Å²) in [5, 5.41) is 13.7. The standard InChI is InChI=1S/C17H22FNO3/c1-11-5-8-16(22-11)17(3,20)10-19-12(2)13-6-7-14(18)15(9-13)21-4/h5-9,12,19-20H,10H2,1-4H3/t12-,17-/m1/s1. The Bertz CT molecular complexity index is 637. The monoisotopic (exact) mass is 307 g/mol. The highest BCUT2D eigenvalue weighted by molar-refractivity contribution is 5.32. The molecule has 4 nitrogen and oxygen atoms in total. The molecule has 22 heavy (non-hydrogen) atoms. The number of methoxy groups -OCH3 is 1. The molecule has 1 aromatic carbocycles. The maximum Gasteiger partial charge on any atom is 0.165 e. The highest BCUT2D eigenvalue weighted by Crippen LogP contribution is 2.25. The fourth-order valence-electron chi connectivity index (χ4n) is 2.23. The Hall–Kier alpha value is -1.85. The zero-order valence-electron chi connectivity index (χ0n) is 13.3. The maximum absolute atomic E-state index is 13.4. The van der Waals surface area contributed by atoms with E-state index in [1.54, 1.807) is 25.1 Å². The van der Waals surface area contributed by atoms with Crippen LogP contribution in [0.4, 0.5) is 4.39 Å². The molecular weight excluding hydrogens is 285 g/mol. The molecular formula is C17H22FNO3. The third-order valence-corrected chi connectivity index (χ3v) is 3.70. The van der Waals surface area contributed by atoms with Gasteiger partial charge in [-0.1, -0.05) is 6.07 Å². The van der Waals surface area contributed by atoms with E-state index in [2.05, 4.69) is 5.32 Å². The molecule has 0 saturated heterocycles. The number of benzene rings is 1. The minimum atomic E-state index is -1.12. The molecule has 0 saturated carbocycles. The van der Waals surface area contributed by atoms with Gasteiger partial charge in [0.1, 0.15) is 17.1 Å². The topological polar surface area (TPSA) is 54.6 Å². The van der Waals surface area contributed by atoms with Crippen LogP contribution in [-0.4, -0.2) is 18.8 Å². The van der Waals surface area contributed by atoms with Crippen LogP contribution < -0.4 is 10.1 Å². The first-order valence-corrected chi connectivity index (χ1v) is 7.19. The van der Waals surface area contributed by atoms with Gasteiger partial charge in [-0.15, -0.1) is 0 Å². The molecule has 0 aliphatic rings. The van der Waals surface area contributed by atoms with Crippen LogP contribution >= 0.6 is 0 Å². The van der Waals surface area contributed by atoms with Gasteiger partial charge in [-0.2, -0.15) is 0 Å². The quantitative estimate of drug-likeness (QED) is 0.860. The van der Waals surface area contributed by atoms with Crippen molar-refractivity contribution in [2.45, 2.75) is 32.4 Å². The number of halogens is 1. The molecule has 0 unspecified atom stereocenters. The second kappa shape index (κ2) is 6.50. The number of hydrogen-bond acceptors (Lipinski definition) is 4. The summed E-state index contributed by atoms with van der Waals surface area (Å²) >= 11 is 0. The molecule has 0 bridgehead atoms. The zero-order valence-corrected chi connectivity index (χ0v) is 13.3.